The van der Waals surface area contributed by atoms with Crippen LogP contribution in [0.15, 0.2) is 47.1 Å². The minimum Gasteiger partial charge on any atom is -0.461 e. The van der Waals surface area contributed by atoms with Crippen LogP contribution in [0.1, 0.15) is 12.7 Å². The Morgan fingerprint density at radius 1 is 1.53 bits per heavy atom. The van der Waals surface area contributed by atoms with Crippen LogP contribution in [0, 0.1) is 0 Å². The maximum absolute atomic E-state index is 11.4. The minimum atomic E-state index is -0.186. The summed E-state index contributed by atoms with van der Waals surface area (Å²) in [6.45, 7) is 2.17. The zero-order chi connectivity index (χ0) is 13.5. The molecule has 6 heteroatoms. The molecule has 1 amide bonds. The van der Waals surface area contributed by atoms with Crippen LogP contribution in [-0.4, -0.2) is 21.1 Å². The van der Waals surface area contributed by atoms with Gasteiger partial charge >= 0.3 is 0 Å². The molecule has 2 rings (SSSR count). The van der Waals surface area contributed by atoms with Crippen molar-refractivity contribution in [3.05, 3.63) is 48.5 Å². The van der Waals surface area contributed by atoms with Crippen molar-refractivity contribution in [2.24, 2.45) is 0 Å². The average Bonchev–Trinajstić information content (AvgIpc) is 3.07. The molecule has 0 saturated carbocycles. The number of aromatic amines is 1. The molecule has 98 valence electrons. The van der Waals surface area contributed by atoms with Gasteiger partial charge in [-0.2, -0.15) is 0 Å². The van der Waals surface area contributed by atoms with Gasteiger partial charge in [0.15, 0.2) is 5.76 Å². The molecule has 0 atom stereocenters. The standard InChI is InChI=1S/C13H14N4O2/c1-2-3-4-7-12(18)14-9-11-15-13(17-16-11)10-6-5-8-19-10/h2-8H,9H2,1H3,(H,14,18)(H,15,16,17)/b3-2+,7-4-. The lowest BCUT2D eigenvalue weighted by Gasteiger charge is -1.96. The van der Waals surface area contributed by atoms with E-state index in [1.165, 1.54) is 6.08 Å². The lowest BCUT2D eigenvalue weighted by molar-refractivity contribution is -0.116. The first-order valence-electron chi connectivity index (χ1n) is 5.82. The molecule has 2 N–H and O–H groups in total. The number of H-pyrrole nitrogens is 1. The molecule has 0 radical (unpaired) electrons. The molecule has 19 heavy (non-hydrogen) atoms. The molecule has 0 aromatic carbocycles. The molecule has 6 nitrogen and oxygen atoms in total. The van der Waals surface area contributed by atoms with Crippen LogP contribution in [0.5, 0.6) is 0 Å². The largest absolute Gasteiger partial charge is 0.461 e. The van der Waals surface area contributed by atoms with Gasteiger partial charge in [0.05, 0.1) is 12.8 Å². The quantitative estimate of drug-likeness (QED) is 0.633. The Morgan fingerprint density at radius 2 is 2.42 bits per heavy atom. The number of nitrogens with one attached hydrogen (secondary N) is 2. The number of amides is 1. The first-order chi connectivity index (χ1) is 9.29. The number of furan rings is 1. The fraction of sp³-hybridized carbons (Fsp3) is 0.154. The molecule has 2 aromatic heterocycles. The highest BCUT2D eigenvalue weighted by atomic mass is 16.3. The molecule has 0 fully saturated rings. The number of allylic oxidation sites excluding steroid dienone is 3. The molecule has 0 aliphatic carbocycles. The first-order valence-corrected chi connectivity index (χ1v) is 5.82. The Hall–Kier alpha value is -2.63. The zero-order valence-electron chi connectivity index (χ0n) is 10.5. The van der Waals surface area contributed by atoms with E-state index in [0.717, 1.165) is 0 Å². The molecule has 0 aliphatic rings. The summed E-state index contributed by atoms with van der Waals surface area (Å²) in [6, 6.07) is 3.53. The van der Waals surface area contributed by atoms with E-state index in [1.807, 2.05) is 13.0 Å². The maximum atomic E-state index is 11.4. The van der Waals surface area contributed by atoms with E-state index in [0.29, 0.717) is 17.4 Å². The Kier molecular flexibility index (Phi) is 4.28. The molecule has 0 unspecified atom stereocenters. The van der Waals surface area contributed by atoms with Crippen molar-refractivity contribution in [2.45, 2.75) is 13.5 Å². The zero-order valence-corrected chi connectivity index (χ0v) is 10.5. The Bertz CT molecular complexity index is 582. The van der Waals surface area contributed by atoms with Crippen LogP contribution in [0.4, 0.5) is 0 Å². The number of carbonyl (C=O) groups is 1. The van der Waals surface area contributed by atoms with Gasteiger partial charge in [0.2, 0.25) is 11.7 Å². The lowest BCUT2D eigenvalue weighted by Crippen LogP contribution is -2.20. The fourth-order valence-corrected chi connectivity index (χ4v) is 1.37. The van der Waals surface area contributed by atoms with E-state index >= 15 is 0 Å². The van der Waals surface area contributed by atoms with Crippen LogP contribution < -0.4 is 5.32 Å². The Labute approximate surface area is 110 Å². The van der Waals surface area contributed by atoms with E-state index in [2.05, 4.69) is 20.5 Å². The Balaban J connectivity index is 1.89. The summed E-state index contributed by atoms with van der Waals surface area (Å²) in [4.78, 5) is 15.6. The van der Waals surface area contributed by atoms with Crippen LogP contribution >= 0.6 is 0 Å². The van der Waals surface area contributed by atoms with Crippen molar-refractivity contribution in [3.63, 3.8) is 0 Å². The second-order valence-corrected chi connectivity index (χ2v) is 3.69. The second-order valence-electron chi connectivity index (χ2n) is 3.69. The highest BCUT2D eigenvalue weighted by molar-refractivity contribution is 5.87. The van der Waals surface area contributed by atoms with Crippen molar-refractivity contribution in [3.8, 4) is 11.6 Å². The van der Waals surface area contributed by atoms with Gasteiger partial charge < -0.3 is 9.73 Å². The summed E-state index contributed by atoms with van der Waals surface area (Å²) in [6.07, 6.45) is 8.30. The molecular formula is C13H14N4O2. The summed E-state index contributed by atoms with van der Waals surface area (Å²) in [5, 5.41) is 9.44. The molecule has 0 spiro atoms. The molecule has 0 bridgehead atoms. The predicted octanol–water partition coefficient (Wildman–Crippen LogP) is 1.81. The lowest BCUT2D eigenvalue weighted by atomic mass is 10.4. The van der Waals surface area contributed by atoms with Crippen molar-refractivity contribution < 1.29 is 9.21 Å². The van der Waals surface area contributed by atoms with Gasteiger partial charge in [0.25, 0.3) is 0 Å². The summed E-state index contributed by atoms with van der Waals surface area (Å²) in [5.41, 5.74) is 0. The predicted molar refractivity (Wildman–Crippen MR) is 69.9 cm³/mol. The SMILES string of the molecule is C/C=C/C=C\C(=O)NCc1nc(-c2ccco2)n[nH]1. The Morgan fingerprint density at radius 3 is 3.16 bits per heavy atom. The summed E-state index contributed by atoms with van der Waals surface area (Å²) in [5.74, 6) is 1.44. The molecule has 0 aliphatic heterocycles. The molecule has 2 aromatic rings. The van der Waals surface area contributed by atoms with Gasteiger partial charge in [-0.3, -0.25) is 9.89 Å². The minimum absolute atomic E-state index is 0.186. The number of rotatable bonds is 5. The van der Waals surface area contributed by atoms with Gasteiger partial charge in [0, 0.05) is 6.08 Å². The highest BCUT2D eigenvalue weighted by Gasteiger charge is 2.08. The number of aromatic nitrogens is 3. The third kappa shape index (κ3) is 3.67. The number of carbonyl (C=O) groups excluding carboxylic acids is 1. The number of hydrogen-bond donors (Lipinski definition) is 2. The molecule has 2 heterocycles. The van der Waals surface area contributed by atoms with Crippen molar-refractivity contribution in [1.82, 2.24) is 20.5 Å². The number of hydrogen-bond acceptors (Lipinski definition) is 4. The van der Waals surface area contributed by atoms with Gasteiger partial charge in [0.1, 0.15) is 5.82 Å². The van der Waals surface area contributed by atoms with E-state index in [4.69, 9.17) is 4.42 Å². The van der Waals surface area contributed by atoms with E-state index in [1.54, 1.807) is 30.5 Å². The third-order valence-corrected chi connectivity index (χ3v) is 2.25. The van der Waals surface area contributed by atoms with E-state index in [9.17, 15) is 4.79 Å². The highest BCUT2D eigenvalue weighted by Crippen LogP contribution is 2.13. The van der Waals surface area contributed by atoms with E-state index in [-0.39, 0.29) is 12.5 Å². The van der Waals surface area contributed by atoms with Crippen molar-refractivity contribution in [1.29, 1.82) is 0 Å². The smallest absolute Gasteiger partial charge is 0.244 e. The topological polar surface area (TPSA) is 83.8 Å². The van der Waals surface area contributed by atoms with Gasteiger partial charge in [-0.05, 0) is 19.1 Å². The van der Waals surface area contributed by atoms with Crippen LogP contribution in [0.3, 0.4) is 0 Å². The van der Waals surface area contributed by atoms with Gasteiger partial charge in [-0.15, -0.1) is 5.10 Å². The van der Waals surface area contributed by atoms with Crippen LogP contribution in [-0.2, 0) is 11.3 Å². The fourth-order valence-electron chi connectivity index (χ4n) is 1.37. The monoisotopic (exact) mass is 258 g/mol. The van der Waals surface area contributed by atoms with Crippen molar-refractivity contribution in [2.75, 3.05) is 0 Å². The summed E-state index contributed by atoms with van der Waals surface area (Å²) < 4.78 is 5.17. The first kappa shape index (κ1) is 12.8. The summed E-state index contributed by atoms with van der Waals surface area (Å²) >= 11 is 0. The van der Waals surface area contributed by atoms with Crippen LogP contribution in [0.2, 0.25) is 0 Å². The van der Waals surface area contributed by atoms with Crippen LogP contribution in [0.25, 0.3) is 11.6 Å². The maximum Gasteiger partial charge on any atom is 0.244 e. The number of nitrogens with zero attached hydrogens (tertiary/aromatic N) is 2. The van der Waals surface area contributed by atoms with Crippen molar-refractivity contribution >= 4 is 5.91 Å². The van der Waals surface area contributed by atoms with E-state index < -0.39 is 0 Å². The van der Waals surface area contributed by atoms with Gasteiger partial charge in [-0.25, -0.2) is 4.98 Å². The van der Waals surface area contributed by atoms with Gasteiger partial charge in [-0.1, -0.05) is 18.2 Å². The second kappa shape index (κ2) is 6.34. The third-order valence-electron chi connectivity index (χ3n) is 2.25. The molecular weight excluding hydrogens is 244 g/mol. The summed E-state index contributed by atoms with van der Waals surface area (Å²) in [7, 11) is 0. The average molecular weight is 258 g/mol. The molecule has 0 saturated heterocycles. The normalized spacial score (nSPS) is 11.4.